The summed E-state index contributed by atoms with van der Waals surface area (Å²) >= 11 is 0. The molecule has 0 saturated heterocycles. The first-order chi connectivity index (χ1) is 11.8. The molecule has 0 aliphatic rings. The number of halogens is 1. The van der Waals surface area contributed by atoms with E-state index in [4.69, 9.17) is 10.5 Å². The van der Waals surface area contributed by atoms with E-state index in [0.717, 1.165) is 38.1 Å². The molecule has 0 unspecified atom stereocenters. The number of benzene rings is 1. The maximum Gasteiger partial charge on any atom is 0.188 e. The minimum absolute atomic E-state index is 0. The number of nitrogens with one attached hydrogen (secondary N) is 1. The number of nitrogens with zero attached hydrogens (tertiary/aromatic N) is 2. The smallest absolute Gasteiger partial charge is 0.188 e. The molecule has 5 nitrogen and oxygen atoms in total. The van der Waals surface area contributed by atoms with Crippen molar-refractivity contribution in [2.24, 2.45) is 10.7 Å². The molecule has 1 heterocycles. The first kappa shape index (κ1) is 21.4. The van der Waals surface area contributed by atoms with E-state index in [9.17, 15) is 0 Å². The Labute approximate surface area is 167 Å². The Balaban J connectivity index is 0.00000312. The predicted octanol–water partition coefficient (Wildman–Crippen LogP) is 2.80. The second-order valence-corrected chi connectivity index (χ2v) is 5.47. The highest BCUT2D eigenvalue weighted by Gasteiger charge is 1.95. The van der Waals surface area contributed by atoms with Gasteiger partial charge in [-0.05, 0) is 30.5 Å². The highest BCUT2D eigenvalue weighted by Crippen LogP contribution is 1.99. The molecule has 1 aromatic heterocycles. The Bertz CT molecular complexity index is 593. The van der Waals surface area contributed by atoms with E-state index in [2.05, 4.69) is 27.4 Å². The quantitative estimate of drug-likeness (QED) is 0.251. The largest absolute Gasteiger partial charge is 0.381 e. The Morgan fingerprint density at radius 3 is 2.60 bits per heavy atom. The van der Waals surface area contributed by atoms with Crippen LogP contribution in [0.5, 0.6) is 0 Å². The maximum absolute atomic E-state index is 5.83. The van der Waals surface area contributed by atoms with Gasteiger partial charge in [-0.3, -0.25) is 9.98 Å². The molecule has 0 amide bonds. The average Bonchev–Trinajstić information content (AvgIpc) is 2.63. The van der Waals surface area contributed by atoms with Crippen molar-refractivity contribution in [3.63, 3.8) is 0 Å². The Morgan fingerprint density at radius 2 is 1.84 bits per heavy atom. The van der Waals surface area contributed by atoms with Crippen LogP contribution in [0.25, 0.3) is 0 Å². The summed E-state index contributed by atoms with van der Waals surface area (Å²) in [7, 11) is 0. The van der Waals surface area contributed by atoms with Crippen LogP contribution in [-0.2, 0) is 17.6 Å². The molecule has 0 fully saturated rings. The molecular formula is C19H27IN4O. The molecule has 6 heteroatoms. The minimum Gasteiger partial charge on any atom is -0.381 e. The lowest BCUT2D eigenvalue weighted by Crippen LogP contribution is -2.33. The number of hydrogen-bond acceptors (Lipinski definition) is 3. The Morgan fingerprint density at radius 1 is 1.04 bits per heavy atom. The highest BCUT2D eigenvalue weighted by atomic mass is 127. The van der Waals surface area contributed by atoms with Crippen molar-refractivity contribution in [1.29, 1.82) is 0 Å². The number of nitrogens with two attached hydrogens (primary N) is 1. The van der Waals surface area contributed by atoms with Gasteiger partial charge in [0.1, 0.15) is 0 Å². The van der Waals surface area contributed by atoms with E-state index in [1.165, 1.54) is 5.56 Å². The molecule has 136 valence electrons. The molecule has 0 bridgehead atoms. The standard InChI is InChI=1S/C19H26N4O.HI/c20-19(23-14-10-18-9-4-5-12-21-18)22-13-6-15-24-16-11-17-7-2-1-3-8-17;/h1-5,7-9,12H,6,10-11,13-16H2,(H3,20,22,23);1H. The van der Waals surface area contributed by atoms with Gasteiger partial charge >= 0.3 is 0 Å². The van der Waals surface area contributed by atoms with Gasteiger partial charge in [-0.1, -0.05) is 36.4 Å². The lowest BCUT2D eigenvalue weighted by Gasteiger charge is -2.06. The van der Waals surface area contributed by atoms with E-state index in [0.29, 0.717) is 19.1 Å². The predicted molar refractivity (Wildman–Crippen MR) is 113 cm³/mol. The summed E-state index contributed by atoms with van der Waals surface area (Å²) in [6, 6.07) is 16.3. The molecule has 0 aliphatic heterocycles. The molecule has 0 atom stereocenters. The summed E-state index contributed by atoms with van der Waals surface area (Å²) < 4.78 is 5.62. The van der Waals surface area contributed by atoms with Crippen LogP contribution >= 0.6 is 24.0 Å². The molecule has 25 heavy (non-hydrogen) atoms. The molecule has 3 N–H and O–H groups in total. The summed E-state index contributed by atoms with van der Waals surface area (Å²) in [5.74, 6) is 0.482. The fourth-order valence-electron chi connectivity index (χ4n) is 2.22. The Kier molecular flexibility index (Phi) is 11.6. The molecule has 2 aromatic rings. The number of ether oxygens (including phenoxy) is 1. The van der Waals surface area contributed by atoms with E-state index >= 15 is 0 Å². The van der Waals surface area contributed by atoms with Gasteiger partial charge in [-0.2, -0.15) is 0 Å². The van der Waals surface area contributed by atoms with Crippen LogP contribution in [0.15, 0.2) is 59.7 Å². The van der Waals surface area contributed by atoms with Gasteiger partial charge in [0.15, 0.2) is 5.96 Å². The summed E-state index contributed by atoms with van der Waals surface area (Å²) in [4.78, 5) is 8.56. The first-order valence-corrected chi connectivity index (χ1v) is 8.40. The van der Waals surface area contributed by atoms with E-state index in [-0.39, 0.29) is 24.0 Å². The van der Waals surface area contributed by atoms with E-state index in [1.807, 2.05) is 36.4 Å². The highest BCUT2D eigenvalue weighted by molar-refractivity contribution is 14.0. The van der Waals surface area contributed by atoms with Crippen molar-refractivity contribution < 1.29 is 4.74 Å². The number of guanidine groups is 1. The Hall–Kier alpha value is -1.67. The van der Waals surface area contributed by atoms with Crippen LogP contribution in [0.4, 0.5) is 0 Å². The molecule has 0 spiro atoms. The van der Waals surface area contributed by atoms with Gasteiger partial charge in [0.05, 0.1) is 6.61 Å². The molecule has 1 aromatic carbocycles. The van der Waals surface area contributed by atoms with Crippen molar-refractivity contribution in [2.75, 3.05) is 26.3 Å². The van der Waals surface area contributed by atoms with Crippen LogP contribution in [0.2, 0.25) is 0 Å². The van der Waals surface area contributed by atoms with Gasteiger partial charge in [-0.25, -0.2) is 0 Å². The van der Waals surface area contributed by atoms with E-state index in [1.54, 1.807) is 6.20 Å². The topological polar surface area (TPSA) is 72.5 Å². The minimum atomic E-state index is 0. The second kappa shape index (κ2) is 13.6. The van der Waals surface area contributed by atoms with Gasteiger partial charge < -0.3 is 15.8 Å². The summed E-state index contributed by atoms with van der Waals surface area (Å²) in [6.45, 7) is 2.86. The van der Waals surface area contributed by atoms with Gasteiger partial charge in [0.25, 0.3) is 0 Å². The van der Waals surface area contributed by atoms with Crippen LogP contribution in [0.1, 0.15) is 17.7 Å². The van der Waals surface area contributed by atoms with Crippen molar-refractivity contribution in [3.8, 4) is 0 Å². The number of pyridine rings is 1. The normalized spacial score (nSPS) is 11.0. The van der Waals surface area contributed by atoms with Crippen molar-refractivity contribution in [1.82, 2.24) is 10.3 Å². The molecular weight excluding hydrogens is 427 g/mol. The van der Waals surface area contributed by atoms with Gasteiger partial charge in [-0.15, -0.1) is 24.0 Å². The SMILES string of the molecule is I.NC(=NCCCOCCc1ccccc1)NCCc1ccccn1. The number of aliphatic imine (C=N–C) groups is 1. The zero-order chi connectivity index (χ0) is 16.9. The fourth-order valence-corrected chi connectivity index (χ4v) is 2.22. The third kappa shape index (κ3) is 10.0. The van der Waals surface area contributed by atoms with Crippen molar-refractivity contribution in [2.45, 2.75) is 19.3 Å². The van der Waals surface area contributed by atoms with Crippen LogP contribution in [0, 0.1) is 0 Å². The molecule has 0 aliphatic carbocycles. The number of aromatic nitrogens is 1. The third-order valence-corrected chi connectivity index (χ3v) is 3.52. The van der Waals surface area contributed by atoms with Crippen molar-refractivity contribution in [3.05, 3.63) is 66.0 Å². The number of hydrogen-bond donors (Lipinski definition) is 2. The first-order valence-electron chi connectivity index (χ1n) is 8.40. The fraction of sp³-hybridized carbons (Fsp3) is 0.368. The molecule has 0 saturated carbocycles. The lowest BCUT2D eigenvalue weighted by molar-refractivity contribution is 0.136. The van der Waals surface area contributed by atoms with Crippen LogP contribution < -0.4 is 11.1 Å². The zero-order valence-electron chi connectivity index (χ0n) is 14.4. The summed E-state index contributed by atoms with van der Waals surface area (Å²) in [5.41, 5.74) is 8.18. The van der Waals surface area contributed by atoms with Gasteiger partial charge in [0.2, 0.25) is 0 Å². The zero-order valence-corrected chi connectivity index (χ0v) is 16.8. The summed E-state index contributed by atoms with van der Waals surface area (Å²) in [6.07, 6.45) is 4.45. The summed E-state index contributed by atoms with van der Waals surface area (Å²) in [5, 5.41) is 3.10. The van der Waals surface area contributed by atoms with E-state index < -0.39 is 0 Å². The third-order valence-electron chi connectivity index (χ3n) is 3.52. The maximum atomic E-state index is 5.83. The average molecular weight is 454 g/mol. The van der Waals surface area contributed by atoms with Crippen molar-refractivity contribution >= 4 is 29.9 Å². The van der Waals surface area contributed by atoms with Crippen LogP contribution in [0.3, 0.4) is 0 Å². The van der Waals surface area contributed by atoms with Gasteiger partial charge in [0, 0.05) is 38.0 Å². The number of rotatable bonds is 10. The second-order valence-electron chi connectivity index (χ2n) is 5.47. The molecule has 2 rings (SSSR count). The lowest BCUT2D eigenvalue weighted by atomic mass is 10.2. The monoisotopic (exact) mass is 454 g/mol. The molecule has 0 radical (unpaired) electrons. The van der Waals surface area contributed by atoms with Crippen LogP contribution in [-0.4, -0.2) is 37.2 Å².